The second-order valence-corrected chi connectivity index (χ2v) is 11.5. The van der Waals surface area contributed by atoms with Crippen LogP contribution in [0.5, 0.6) is 0 Å². The van der Waals surface area contributed by atoms with Crippen molar-refractivity contribution in [2.75, 3.05) is 17.9 Å². The quantitative estimate of drug-likeness (QED) is 0.418. The zero-order valence-electron chi connectivity index (χ0n) is 21.9. The van der Waals surface area contributed by atoms with Crippen molar-refractivity contribution in [3.8, 4) is 11.1 Å². The number of amides is 1. The van der Waals surface area contributed by atoms with E-state index < -0.39 is 15.6 Å². The van der Waals surface area contributed by atoms with E-state index in [1.165, 1.54) is 0 Å². The molecule has 0 saturated heterocycles. The Labute approximate surface area is 222 Å². The molecule has 1 fully saturated rings. The molecule has 5 rings (SSSR count). The standard InChI is InChI=1S/C28H32N4O5S/c1-4-36-18-25-29-28(15-7-8-16-28)27(33)32(25)17-21-11-13-22(14-12-21)23-9-5-6-10-24(23)38(34,35)31-26-19(2)20(3)30-37-26/h5-6,9-14,31H,4,7-8,15-18H2,1-3H3. The number of nitrogens with one attached hydrogen (secondary N) is 1. The van der Waals surface area contributed by atoms with Gasteiger partial charge in [0.2, 0.25) is 5.88 Å². The number of aromatic nitrogens is 1. The van der Waals surface area contributed by atoms with E-state index in [4.69, 9.17) is 14.3 Å². The molecule has 200 valence electrons. The van der Waals surface area contributed by atoms with Crippen LogP contribution in [-0.4, -0.2) is 49.0 Å². The van der Waals surface area contributed by atoms with Crippen LogP contribution in [0.3, 0.4) is 0 Å². The maximum Gasteiger partial charge on any atom is 0.264 e. The lowest BCUT2D eigenvalue weighted by Crippen LogP contribution is -2.41. The van der Waals surface area contributed by atoms with E-state index in [-0.39, 0.29) is 16.7 Å². The van der Waals surface area contributed by atoms with E-state index in [0.29, 0.717) is 42.4 Å². The molecule has 1 amide bonds. The van der Waals surface area contributed by atoms with Crippen LogP contribution < -0.4 is 4.72 Å². The summed E-state index contributed by atoms with van der Waals surface area (Å²) < 4.78 is 39.8. The summed E-state index contributed by atoms with van der Waals surface area (Å²) in [5, 5.41) is 3.83. The average Bonchev–Trinajstić information content (AvgIpc) is 3.59. The molecule has 38 heavy (non-hydrogen) atoms. The van der Waals surface area contributed by atoms with Gasteiger partial charge in [-0.25, -0.2) is 13.1 Å². The van der Waals surface area contributed by atoms with Crippen molar-refractivity contribution in [3.63, 3.8) is 0 Å². The first-order valence-corrected chi connectivity index (χ1v) is 14.3. The number of sulfonamides is 1. The molecule has 9 nitrogen and oxygen atoms in total. The molecule has 1 aliphatic carbocycles. The van der Waals surface area contributed by atoms with Gasteiger partial charge in [-0.15, -0.1) is 0 Å². The van der Waals surface area contributed by atoms with Crippen molar-refractivity contribution in [2.45, 2.75) is 63.4 Å². The second-order valence-electron chi connectivity index (χ2n) is 9.82. The Morgan fingerprint density at radius 2 is 1.79 bits per heavy atom. The number of nitrogens with zero attached hydrogens (tertiary/aromatic N) is 3. The van der Waals surface area contributed by atoms with Gasteiger partial charge in [0.25, 0.3) is 15.9 Å². The Bertz CT molecular complexity index is 1470. The molecule has 0 bridgehead atoms. The van der Waals surface area contributed by atoms with Crippen molar-refractivity contribution >= 4 is 27.7 Å². The van der Waals surface area contributed by atoms with Gasteiger partial charge in [-0.05, 0) is 50.8 Å². The largest absolute Gasteiger partial charge is 0.374 e. The molecule has 2 heterocycles. The van der Waals surface area contributed by atoms with Crippen LogP contribution in [-0.2, 0) is 26.1 Å². The molecular weight excluding hydrogens is 504 g/mol. The van der Waals surface area contributed by atoms with Crippen LogP contribution in [0.4, 0.5) is 5.88 Å². The number of hydrogen-bond donors (Lipinski definition) is 1. The van der Waals surface area contributed by atoms with Crippen molar-refractivity contribution < 1.29 is 22.5 Å². The summed E-state index contributed by atoms with van der Waals surface area (Å²) in [6, 6.07) is 14.4. The molecule has 10 heteroatoms. The van der Waals surface area contributed by atoms with E-state index in [0.717, 1.165) is 36.8 Å². The number of hydrogen-bond acceptors (Lipinski definition) is 7. The van der Waals surface area contributed by atoms with Crippen LogP contribution in [0.1, 0.15) is 49.4 Å². The van der Waals surface area contributed by atoms with Crippen LogP contribution in [0, 0.1) is 13.8 Å². The van der Waals surface area contributed by atoms with Crippen molar-refractivity contribution in [1.82, 2.24) is 10.1 Å². The molecule has 3 aromatic rings. The third kappa shape index (κ3) is 4.86. The van der Waals surface area contributed by atoms with Crippen molar-refractivity contribution in [3.05, 3.63) is 65.4 Å². The topological polar surface area (TPSA) is 114 Å². The van der Waals surface area contributed by atoms with E-state index in [9.17, 15) is 13.2 Å². The normalized spacial score (nSPS) is 16.9. The fourth-order valence-electron chi connectivity index (χ4n) is 5.08. The number of anilines is 1. The molecule has 2 aromatic carbocycles. The molecule has 0 radical (unpaired) electrons. The van der Waals surface area contributed by atoms with Crippen LogP contribution >= 0.6 is 0 Å². The zero-order valence-corrected chi connectivity index (χ0v) is 22.7. The number of carbonyl (C=O) groups is 1. The van der Waals surface area contributed by atoms with Crippen LogP contribution in [0.15, 0.2) is 62.9 Å². The molecular formula is C28H32N4O5S. The first kappa shape index (κ1) is 26.1. The highest BCUT2D eigenvalue weighted by Gasteiger charge is 2.49. The number of amidine groups is 1. The van der Waals surface area contributed by atoms with Crippen LogP contribution in [0.25, 0.3) is 11.1 Å². The lowest BCUT2D eigenvalue weighted by molar-refractivity contribution is -0.131. The Morgan fingerprint density at radius 3 is 2.45 bits per heavy atom. The highest BCUT2D eigenvalue weighted by atomic mass is 32.2. The summed E-state index contributed by atoms with van der Waals surface area (Å²) in [6.07, 6.45) is 3.58. The molecule has 2 aliphatic rings. The minimum absolute atomic E-state index is 0.0502. The van der Waals surface area contributed by atoms with Gasteiger partial charge in [0, 0.05) is 17.7 Å². The predicted octanol–water partition coefficient (Wildman–Crippen LogP) is 4.85. The van der Waals surface area contributed by atoms with Gasteiger partial charge < -0.3 is 9.26 Å². The van der Waals surface area contributed by atoms with E-state index in [2.05, 4.69) is 9.88 Å². The molecule has 0 atom stereocenters. The third-order valence-electron chi connectivity index (χ3n) is 7.33. The predicted molar refractivity (Wildman–Crippen MR) is 144 cm³/mol. The number of aryl methyl sites for hydroxylation is 1. The number of benzene rings is 2. The average molecular weight is 537 g/mol. The van der Waals surface area contributed by atoms with Crippen molar-refractivity contribution in [2.24, 2.45) is 4.99 Å². The maximum absolute atomic E-state index is 13.4. The molecule has 1 N–H and O–H groups in total. The fourth-order valence-corrected chi connectivity index (χ4v) is 6.35. The van der Waals surface area contributed by atoms with Gasteiger partial charge in [-0.1, -0.05) is 60.5 Å². The number of ether oxygens (including phenoxy) is 1. The Kier molecular flexibility index (Phi) is 7.11. The van der Waals surface area contributed by atoms with E-state index in [1.807, 2.05) is 31.2 Å². The first-order valence-electron chi connectivity index (χ1n) is 12.9. The minimum Gasteiger partial charge on any atom is -0.374 e. The van der Waals surface area contributed by atoms with Crippen molar-refractivity contribution in [1.29, 1.82) is 0 Å². The summed E-state index contributed by atoms with van der Waals surface area (Å²) in [5.41, 5.74) is 2.85. The van der Waals surface area contributed by atoms with Gasteiger partial charge >= 0.3 is 0 Å². The SMILES string of the molecule is CCOCC1=NC2(CCCC2)C(=O)N1Cc1ccc(-c2ccccc2S(=O)(=O)Nc2onc(C)c2C)cc1. The third-order valence-corrected chi connectivity index (χ3v) is 8.72. The summed E-state index contributed by atoms with van der Waals surface area (Å²) in [6.45, 7) is 6.67. The second kappa shape index (κ2) is 10.3. The number of aliphatic imine (C=N–C) groups is 1. The summed E-state index contributed by atoms with van der Waals surface area (Å²) in [5.74, 6) is 0.838. The lowest BCUT2D eigenvalue weighted by Gasteiger charge is -2.22. The maximum atomic E-state index is 13.4. The number of rotatable bonds is 9. The smallest absolute Gasteiger partial charge is 0.264 e. The summed E-state index contributed by atoms with van der Waals surface area (Å²) in [4.78, 5) is 20.1. The van der Waals surface area contributed by atoms with Gasteiger partial charge in [-0.2, -0.15) is 0 Å². The van der Waals surface area contributed by atoms with E-state index >= 15 is 0 Å². The molecule has 1 aliphatic heterocycles. The molecule has 0 unspecified atom stereocenters. The van der Waals surface area contributed by atoms with Gasteiger partial charge in [0.05, 0.1) is 17.1 Å². The summed E-state index contributed by atoms with van der Waals surface area (Å²) >= 11 is 0. The molecule has 1 spiro atoms. The fraction of sp³-hybridized carbons (Fsp3) is 0.393. The van der Waals surface area contributed by atoms with Crippen LogP contribution in [0.2, 0.25) is 0 Å². The van der Waals surface area contributed by atoms with Gasteiger partial charge in [0.1, 0.15) is 18.0 Å². The molecule has 1 aromatic heterocycles. The zero-order chi connectivity index (χ0) is 26.9. The van der Waals surface area contributed by atoms with Gasteiger partial charge in [0.15, 0.2) is 0 Å². The van der Waals surface area contributed by atoms with Gasteiger partial charge in [-0.3, -0.25) is 14.7 Å². The number of carbonyl (C=O) groups excluding carboxylic acids is 1. The monoisotopic (exact) mass is 536 g/mol. The Hall–Kier alpha value is -3.50. The highest BCUT2D eigenvalue weighted by Crippen LogP contribution is 2.39. The molecule has 1 saturated carbocycles. The lowest BCUT2D eigenvalue weighted by atomic mass is 9.98. The highest BCUT2D eigenvalue weighted by molar-refractivity contribution is 7.92. The first-order chi connectivity index (χ1) is 18.2. The summed E-state index contributed by atoms with van der Waals surface area (Å²) in [7, 11) is -3.93. The Balaban J connectivity index is 1.38. The Morgan fingerprint density at radius 1 is 1.08 bits per heavy atom. The van der Waals surface area contributed by atoms with E-state index in [1.54, 1.807) is 43.0 Å². The minimum atomic E-state index is -3.93.